The molecule has 1 N–H and O–H groups in total. The smallest absolute Gasteiger partial charge is 0.282 e. The van der Waals surface area contributed by atoms with Crippen LogP contribution in [0.1, 0.15) is 23.1 Å². The summed E-state index contributed by atoms with van der Waals surface area (Å²) in [5.41, 5.74) is 2.97. The molecule has 0 unspecified atom stereocenters. The van der Waals surface area contributed by atoms with Gasteiger partial charge in [-0.15, -0.1) is 0 Å². The summed E-state index contributed by atoms with van der Waals surface area (Å²) in [7, 11) is -3.84. The zero-order valence-electron chi connectivity index (χ0n) is 16.0. The highest BCUT2D eigenvalue weighted by Crippen LogP contribution is 2.21. The lowest BCUT2D eigenvalue weighted by molar-refractivity contribution is -0.116. The Morgan fingerprint density at radius 3 is 2.54 bits per heavy atom. The van der Waals surface area contributed by atoms with E-state index in [1.807, 2.05) is 26.0 Å². The van der Waals surface area contributed by atoms with Gasteiger partial charge in [0, 0.05) is 30.9 Å². The lowest BCUT2D eigenvalue weighted by Gasteiger charge is -2.34. The second kappa shape index (κ2) is 8.38. The highest BCUT2D eigenvalue weighted by Gasteiger charge is 2.35. The Labute approximate surface area is 165 Å². The van der Waals surface area contributed by atoms with Crippen LogP contribution in [0.25, 0.3) is 0 Å². The van der Waals surface area contributed by atoms with E-state index in [-0.39, 0.29) is 19.6 Å². The fourth-order valence-electron chi connectivity index (χ4n) is 3.26. The fourth-order valence-corrected chi connectivity index (χ4v) is 4.89. The number of hydrogen-bond donors (Lipinski definition) is 1. The molecule has 2 aromatic rings. The molecule has 1 amide bonds. The zero-order valence-corrected chi connectivity index (χ0v) is 16.8. The number of nitrogens with zero attached hydrogens (tertiary/aromatic N) is 2. The van der Waals surface area contributed by atoms with Crippen LogP contribution < -0.4 is 5.32 Å². The Morgan fingerprint density at radius 1 is 1.11 bits per heavy atom. The molecule has 1 aliphatic heterocycles. The van der Waals surface area contributed by atoms with Gasteiger partial charge in [-0.1, -0.05) is 35.9 Å². The average molecular weight is 405 g/mol. The van der Waals surface area contributed by atoms with Crippen molar-refractivity contribution in [3.8, 4) is 0 Å². The predicted molar refractivity (Wildman–Crippen MR) is 106 cm³/mol. The van der Waals surface area contributed by atoms with Gasteiger partial charge in [-0.3, -0.25) is 4.79 Å². The number of hydrogen-bond acceptors (Lipinski definition) is 3. The molecule has 1 saturated heterocycles. The van der Waals surface area contributed by atoms with Crippen LogP contribution in [0.4, 0.5) is 10.1 Å². The van der Waals surface area contributed by atoms with Gasteiger partial charge < -0.3 is 5.32 Å². The van der Waals surface area contributed by atoms with Crippen molar-refractivity contribution in [2.45, 2.75) is 26.8 Å². The first-order valence-electron chi connectivity index (χ1n) is 9.13. The molecule has 0 radical (unpaired) electrons. The molecule has 1 heterocycles. The first kappa shape index (κ1) is 20.4. The molecule has 8 heteroatoms. The largest absolute Gasteiger partial charge is 0.325 e. The summed E-state index contributed by atoms with van der Waals surface area (Å²) in [4.78, 5) is 12.4. The van der Waals surface area contributed by atoms with Gasteiger partial charge in [0.15, 0.2) is 0 Å². The third-order valence-electron chi connectivity index (χ3n) is 4.75. The Bertz CT molecular complexity index is 978. The lowest BCUT2D eigenvalue weighted by atomic mass is 10.1. The highest BCUT2D eigenvalue weighted by atomic mass is 32.2. The second-order valence-electron chi connectivity index (χ2n) is 6.99. The van der Waals surface area contributed by atoms with Crippen molar-refractivity contribution in [2.24, 2.45) is 0 Å². The lowest BCUT2D eigenvalue weighted by Crippen LogP contribution is -2.51. The number of rotatable bonds is 5. The third-order valence-corrected chi connectivity index (χ3v) is 6.68. The second-order valence-corrected chi connectivity index (χ2v) is 8.91. The van der Waals surface area contributed by atoms with Crippen LogP contribution in [0.2, 0.25) is 0 Å². The van der Waals surface area contributed by atoms with Gasteiger partial charge in [0.05, 0.1) is 6.54 Å². The fraction of sp³-hybridized carbons (Fsp3) is 0.350. The van der Waals surface area contributed by atoms with Crippen LogP contribution in [0.15, 0.2) is 42.5 Å². The monoisotopic (exact) mass is 405 g/mol. The molecule has 0 spiro atoms. The van der Waals surface area contributed by atoms with E-state index in [9.17, 15) is 17.6 Å². The standard InChI is InChI=1S/C20H24FN3O3S/c1-15-8-9-19(16(2)12-15)22-20(25)14-24-11-5-10-23(28(24,26)27)13-17-6-3-4-7-18(17)21/h3-4,6-9,12H,5,10-11,13-14H2,1-2H3,(H,22,25). The molecule has 0 aliphatic carbocycles. The number of benzene rings is 2. The van der Waals surface area contributed by atoms with Crippen LogP contribution in [-0.4, -0.2) is 42.6 Å². The minimum Gasteiger partial charge on any atom is -0.325 e. The van der Waals surface area contributed by atoms with E-state index in [0.717, 1.165) is 15.4 Å². The summed E-state index contributed by atoms with van der Waals surface area (Å²) >= 11 is 0. The maximum Gasteiger partial charge on any atom is 0.282 e. The molecule has 0 saturated carbocycles. The first-order chi connectivity index (χ1) is 13.3. The van der Waals surface area contributed by atoms with Crippen LogP contribution in [0.5, 0.6) is 0 Å². The molecule has 1 aliphatic rings. The van der Waals surface area contributed by atoms with Crippen molar-refractivity contribution in [3.63, 3.8) is 0 Å². The molecule has 150 valence electrons. The maximum atomic E-state index is 13.9. The summed E-state index contributed by atoms with van der Waals surface area (Å²) in [6.07, 6.45) is 0.574. The van der Waals surface area contributed by atoms with E-state index in [1.54, 1.807) is 24.3 Å². The highest BCUT2D eigenvalue weighted by molar-refractivity contribution is 7.86. The molecule has 0 bridgehead atoms. The van der Waals surface area contributed by atoms with Gasteiger partial charge in [0.25, 0.3) is 10.2 Å². The minimum atomic E-state index is -3.84. The van der Waals surface area contributed by atoms with Gasteiger partial charge in [-0.25, -0.2) is 4.39 Å². The summed E-state index contributed by atoms with van der Waals surface area (Å²) in [6.45, 7) is 4.08. The van der Waals surface area contributed by atoms with Crippen LogP contribution in [0.3, 0.4) is 0 Å². The Morgan fingerprint density at radius 2 is 1.82 bits per heavy atom. The SMILES string of the molecule is Cc1ccc(NC(=O)CN2CCCN(Cc3ccccc3F)S2(=O)=O)c(C)c1. The summed E-state index contributed by atoms with van der Waals surface area (Å²) in [6, 6.07) is 11.7. The molecule has 0 atom stereocenters. The number of carbonyl (C=O) groups is 1. The molecular formula is C20H24FN3O3S. The van der Waals surface area contributed by atoms with Gasteiger partial charge in [0.1, 0.15) is 5.82 Å². The molecule has 3 rings (SSSR count). The van der Waals surface area contributed by atoms with Crippen molar-refractivity contribution in [1.82, 2.24) is 8.61 Å². The van der Waals surface area contributed by atoms with E-state index in [0.29, 0.717) is 24.2 Å². The topological polar surface area (TPSA) is 69.7 Å². The zero-order chi connectivity index (χ0) is 20.3. The van der Waals surface area contributed by atoms with E-state index in [4.69, 9.17) is 0 Å². The average Bonchev–Trinajstić information content (AvgIpc) is 2.63. The van der Waals surface area contributed by atoms with Gasteiger partial charge in [-0.2, -0.15) is 17.0 Å². The molecule has 28 heavy (non-hydrogen) atoms. The van der Waals surface area contributed by atoms with Gasteiger partial charge in [0.2, 0.25) is 5.91 Å². The van der Waals surface area contributed by atoms with Crippen molar-refractivity contribution in [1.29, 1.82) is 0 Å². The normalized spacial score (nSPS) is 17.4. The number of anilines is 1. The molecule has 0 aromatic heterocycles. The van der Waals surface area contributed by atoms with Crippen molar-refractivity contribution in [2.75, 3.05) is 25.0 Å². The van der Waals surface area contributed by atoms with Crippen LogP contribution in [0, 0.1) is 19.7 Å². The number of halogens is 1. The Kier molecular flexibility index (Phi) is 6.12. The van der Waals surface area contributed by atoms with Gasteiger partial charge in [-0.05, 0) is 38.0 Å². The van der Waals surface area contributed by atoms with Crippen molar-refractivity contribution >= 4 is 21.8 Å². The molecular weight excluding hydrogens is 381 g/mol. The summed E-state index contributed by atoms with van der Waals surface area (Å²) in [5.74, 6) is -0.842. The molecule has 1 fully saturated rings. The van der Waals surface area contributed by atoms with E-state index >= 15 is 0 Å². The Balaban J connectivity index is 1.69. The number of amides is 1. The Hall–Kier alpha value is -2.29. The minimum absolute atomic E-state index is 0.0514. The molecule has 2 aromatic carbocycles. The van der Waals surface area contributed by atoms with E-state index < -0.39 is 21.9 Å². The van der Waals surface area contributed by atoms with Crippen molar-refractivity contribution < 1.29 is 17.6 Å². The maximum absolute atomic E-state index is 13.9. The number of carbonyl (C=O) groups excluding carboxylic acids is 1. The van der Waals surface area contributed by atoms with Crippen molar-refractivity contribution in [3.05, 3.63) is 65.0 Å². The summed E-state index contributed by atoms with van der Waals surface area (Å²) in [5, 5.41) is 2.77. The number of nitrogens with one attached hydrogen (secondary N) is 1. The third kappa shape index (κ3) is 4.57. The number of aryl methyl sites for hydroxylation is 2. The van der Waals surface area contributed by atoms with Crippen LogP contribution in [-0.2, 0) is 21.5 Å². The molecule has 6 nitrogen and oxygen atoms in total. The van der Waals surface area contributed by atoms with Crippen LogP contribution >= 0.6 is 0 Å². The summed E-state index contributed by atoms with van der Waals surface area (Å²) < 4.78 is 42.0. The first-order valence-corrected chi connectivity index (χ1v) is 10.5. The van der Waals surface area contributed by atoms with Gasteiger partial charge >= 0.3 is 0 Å². The van der Waals surface area contributed by atoms with E-state index in [2.05, 4.69) is 5.32 Å². The quantitative estimate of drug-likeness (QED) is 0.832. The van der Waals surface area contributed by atoms with E-state index in [1.165, 1.54) is 10.4 Å². The predicted octanol–water partition coefficient (Wildman–Crippen LogP) is 2.83.